The zero-order valence-corrected chi connectivity index (χ0v) is 8.28. The van der Waals surface area contributed by atoms with E-state index in [2.05, 4.69) is 9.69 Å². The molecule has 13 heavy (non-hydrogen) atoms. The molecule has 1 aromatic carbocycles. The van der Waals surface area contributed by atoms with Crippen molar-refractivity contribution in [1.29, 1.82) is 0 Å². The summed E-state index contributed by atoms with van der Waals surface area (Å²) in [5, 5.41) is 6.24. The normalized spacial score (nSPS) is 10.2. The third kappa shape index (κ3) is 1.76. The Labute approximate surface area is 84.7 Å². The van der Waals surface area contributed by atoms with E-state index in [1.54, 1.807) is 0 Å². The molecule has 0 atom stereocenters. The van der Waals surface area contributed by atoms with Gasteiger partial charge in [0.05, 0.1) is 5.52 Å². The predicted octanol–water partition coefficient (Wildman–Crippen LogP) is 1.95. The van der Waals surface area contributed by atoms with Gasteiger partial charge in [0.1, 0.15) is 0 Å². The number of benzene rings is 1. The van der Waals surface area contributed by atoms with Gasteiger partial charge in [-0.2, -0.15) is 4.37 Å². The van der Waals surface area contributed by atoms with Gasteiger partial charge in [0.15, 0.2) is 5.11 Å². The number of nitrogens with zero attached hydrogens (tertiary/aromatic N) is 1. The number of nitrogens with one attached hydrogen (secondary N) is 1. The number of aromatic nitrogens is 1. The summed E-state index contributed by atoms with van der Waals surface area (Å²) in [5.74, 6) is 0. The minimum atomic E-state index is 0.280. The number of anilines is 1. The van der Waals surface area contributed by atoms with Gasteiger partial charge < -0.3 is 11.1 Å². The molecule has 0 aliphatic heterocycles. The van der Waals surface area contributed by atoms with Crippen molar-refractivity contribution < 1.29 is 0 Å². The van der Waals surface area contributed by atoms with E-state index in [1.165, 1.54) is 11.5 Å². The first-order chi connectivity index (χ1) is 6.25. The first kappa shape index (κ1) is 8.40. The van der Waals surface area contributed by atoms with Crippen LogP contribution in [0.4, 0.5) is 5.69 Å². The number of nitrogens with two attached hydrogens (primary N) is 1. The fourth-order valence-corrected chi connectivity index (χ4v) is 1.84. The van der Waals surface area contributed by atoms with Crippen molar-refractivity contribution in [1.82, 2.24) is 4.37 Å². The zero-order valence-electron chi connectivity index (χ0n) is 6.65. The Hall–Kier alpha value is -1.20. The average molecular weight is 209 g/mol. The van der Waals surface area contributed by atoms with Crippen molar-refractivity contribution in [3.63, 3.8) is 0 Å². The third-order valence-electron chi connectivity index (χ3n) is 1.63. The lowest BCUT2D eigenvalue weighted by Crippen LogP contribution is -2.18. The van der Waals surface area contributed by atoms with E-state index < -0.39 is 0 Å². The molecule has 0 saturated heterocycles. The largest absolute Gasteiger partial charge is 0.376 e. The second-order valence-corrected chi connectivity index (χ2v) is 3.65. The molecular formula is C8H7N3S2. The molecule has 1 aromatic heterocycles. The quantitative estimate of drug-likeness (QED) is 0.705. The van der Waals surface area contributed by atoms with E-state index in [0.29, 0.717) is 0 Å². The molecule has 66 valence electrons. The van der Waals surface area contributed by atoms with E-state index in [9.17, 15) is 0 Å². The number of hydrogen-bond donors (Lipinski definition) is 2. The second kappa shape index (κ2) is 3.27. The van der Waals surface area contributed by atoms with Crippen LogP contribution in [0.1, 0.15) is 0 Å². The maximum absolute atomic E-state index is 5.35. The molecule has 0 saturated carbocycles. The van der Waals surface area contributed by atoms with Gasteiger partial charge in [0.2, 0.25) is 0 Å². The summed E-state index contributed by atoms with van der Waals surface area (Å²) in [6.45, 7) is 0. The van der Waals surface area contributed by atoms with Gasteiger partial charge in [-0.3, -0.25) is 0 Å². The van der Waals surface area contributed by atoms with E-state index in [-0.39, 0.29) is 5.11 Å². The Morgan fingerprint density at radius 3 is 3.15 bits per heavy atom. The molecule has 1 heterocycles. The first-order valence-electron chi connectivity index (χ1n) is 3.66. The van der Waals surface area contributed by atoms with Gasteiger partial charge in [-0.05, 0) is 41.9 Å². The highest BCUT2D eigenvalue weighted by molar-refractivity contribution is 7.80. The van der Waals surface area contributed by atoms with Crippen LogP contribution >= 0.6 is 23.8 Å². The third-order valence-corrected chi connectivity index (χ3v) is 2.39. The number of thiocarbonyl (C=S) groups is 1. The lowest BCUT2D eigenvalue weighted by molar-refractivity contribution is 1.61. The zero-order chi connectivity index (χ0) is 9.26. The van der Waals surface area contributed by atoms with Gasteiger partial charge in [0.25, 0.3) is 0 Å². The molecule has 0 spiro atoms. The Morgan fingerprint density at radius 2 is 2.38 bits per heavy atom. The molecule has 5 heteroatoms. The van der Waals surface area contributed by atoms with E-state index in [4.69, 9.17) is 18.0 Å². The van der Waals surface area contributed by atoms with Crippen LogP contribution in [-0.2, 0) is 0 Å². The molecule has 3 N–H and O–H groups in total. The molecule has 0 fully saturated rings. The number of rotatable bonds is 1. The van der Waals surface area contributed by atoms with E-state index in [0.717, 1.165) is 16.6 Å². The molecule has 0 aliphatic carbocycles. The fourth-order valence-electron chi connectivity index (χ4n) is 1.09. The van der Waals surface area contributed by atoms with Gasteiger partial charge in [-0.1, -0.05) is 0 Å². The summed E-state index contributed by atoms with van der Waals surface area (Å²) in [6.07, 6.45) is 0. The molecule has 0 radical (unpaired) electrons. The summed E-state index contributed by atoms with van der Waals surface area (Å²) < 4.78 is 4.19. The number of fused-ring (bicyclic) bond motifs is 1. The topological polar surface area (TPSA) is 50.9 Å². The lowest BCUT2D eigenvalue weighted by Gasteiger charge is -2.02. The van der Waals surface area contributed by atoms with Crippen LogP contribution in [-0.4, -0.2) is 9.49 Å². The molecule has 0 amide bonds. The Balaban J connectivity index is 2.42. The minimum Gasteiger partial charge on any atom is -0.376 e. The van der Waals surface area contributed by atoms with Crippen LogP contribution in [0.5, 0.6) is 0 Å². The van der Waals surface area contributed by atoms with Crippen LogP contribution in [0.25, 0.3) is 10.9 Å². The summed E-state index contributed by atoms with van der Waals surface area (Å²) in [7, 11) is 0. The van der Waals surface area contributed by atoms with Crippen molar-refractivity contribution in [2.45, 2.75) is 0 Å². The molecule has 2 aromatic rings. The molecule has 0 bridgehead atoms. The highest BCUT2D eigenvalue weighted by Crippen LogP contribution is 2.19. The Bertz CT molecular complexity index is 449. The van der Waals surface area contributed by atoms with Crippen molar-refractivity contribution in [3.8, 4) is 0 Å². The SMILES string of the molecule is NC(=S)Nc1ccc2nscc2c1. The molecule has 2 rings (SSSR count). The van der Waals surface area contributed by atoms with Crippen LogP contribution in [0.2, 0.25) is 0 Å². The first-order valence-corrected chi connectivity index (χ1v) is 4.91. The summed E-state index contributed by atoms with van der Waals surface area (Å²) in [6, 6.07) is 5.81. The van der Waals surface area contributed by atoms with E-state index in [1.807, 2.05) is 23.6 Å². The van der Waals surface area contributed by atoms with Crippen LogP contribution < -0.4 is 11.1 Å². The van der Waals surface area contributed by atoms with Crippen molar-refractivity contribution >= 4 is 45.5 Å². The Kier molecular flexibility index (Phi) is 2.12. The van der Waals surface area contributed by atoms with Crippen molar-refractivity contribution in [3.05, 3.63) is 23.6 Å². The van der Waals surface area contributed by atoms with Crippen molar-refractivity contribution in [2.24, 2.45) is 5.73 Å². The summed E-state index contributed by atoms with van der Waals surface area (Å²) >= 11 is 6.17. The molecule has 0 unspecified atom stereocenters. The highest BCUT2D eigenvalue weighted by Gasteiger charge is 1.98. The maximum atomic E-state index is 5.35. The average Bonchev–Trinajstić information content (AvgIpc) is 2.49. The van der Waals surface area contributed by atoms with Gasteiger partial charge >= 0.3 is 0 Å². The Morgan fingerprint density at radius 1 is 1.54 bits per heavy atom. The molecule has 0 aliphatic rings. The number of hydrogen-bond acceptors (Lipinski definition) is 3. The smallest absolute Gasteiger partial charge is 0.168 e. The van der Waals surface area contributed by atoms with Crippen LogP contribution in [0.3, 0.4) is 0 Å². The predicted molar refractivity (Wildman–Crippen MR) is 60.0 cm³/mol. The highest BCUT2D eigenvalue weighted by atomic mass is 32.1. The van der Waals surface area contributed by atoms with Crippen LogP contribution in [0, 0.1) is 0 Å². The van der Waals surface area contributed by atoms with Crippen molar-refractivity contribution in [2.75, 3.05) is 5.32 Å². The standard InChI is InChI=1S/C8H7N3S2/c9-8(12)10-6-1-2-7-5(3-6)4-13-11-7/h1-4H,(H3,9,10,12). The lowest BCUT2D eigenvalue weighted by atomic mass is 10.2. The fraction of sp³-hybridized carbons (Fsp3) is 0. The van der Waals surface area contributed by atoms with Gasteiger partial charge in [-0.25, -0.2) is 0 Å². The monoisotopic (exact) mass is 209 g/mol. The van der Waals surface area contributed by atoms with Crippen LogP contribution in [0.15, 0.2) is 23.6 Å². The van der Waals surface area contributed by atoms with E-state index >= 15 is 0 Å². The molecule has 3 nitrogen and oxygen atoms in total. The summed E-state index contributed by atoms with van der Waals surface area (Å²) in [4.78, 5) is 0. The van der Waals surface area contributed by atoms with Gasteiger partial charge in [0, 0.05) is 16.5 Å². The minimum absolute atomic E-state index is 0.280. The second-order valence-electron chi connectivity index (χ2n) is 2.58. The maximum Gasteiger partial charge on any atom is 0.168 e. The summed E-state index contributed by atoms with van der Waals surface area (Å²) in [5.41, 5.74) is 7.25. The van der Waals surface area contributed by atoms with Gasteiger partial charge in [-0.15, -0.1) is 0 Å². The molecular weight excluding hydrogens is 202 g/mol.